The molecule has 0 spiro atoms. The molecule has 25 heavy (non-hydrogen) atoms. The van der Waals surface area contributed by atoms with Gasteiger partial charge in [-0.2, -0.15) is 13.2 Å². The summed E-state index contributed by atoms with van der Waals surface area (Å²) in [5.41, 5.74) is -1.54. The Balaban J connectivity index is 2.64. The molecular weight excluding hydrogens is 361 g/mol. The minimum atomic E-state index is -4.80. The van der Waals surface area contributed by atoms with E-state index in [1.165, 1.54) is 0 Å². The average molecular weight is 376 g/mol. The largest absolute Gasteiger partial charge is 0.495 e. The van der Waals surface area contributed by atoms with E-state index in [4.69, 9.17) is 4.74 Å². The van der Waals surface area contributed by atoms with Gasteiger partial charge < -0.3 is 4.74 Å². The summed E-state index contributed by atoms with van der Waals surface area (Å²) >= 11 is 0. The zero-order valence-electron chi connectivity index (χ0n) is 13.4. The van der Waals surface area contributed by atoms with Gasteiger partial charge >= 0.3 is 6.18 Å². The smallest absolute Gasteiger partial charge is 0.417 e. The van der Waals surface area contributed by atoms with Crippen LogP contribution in [0.25, 0.3) is 0 Å². The van der Waals surface area contributed by atoms with E-state index in [0.29, 0.717) is 12.5 Å². The first-order chi connectivity index (χ1) is 11.6. The Bertz CT molecular complexity index is 754. The van der Waals surface area contributed by atoms with E-state index in [0.717, 1.165) is 19.4 Å². The maximum atomic E-state index is 13.2. The molecule has 136 valence electrons. The number of hydrogen-bond acceptors (Lipinski definition) is 5. The second-order valence-corrected chi connectivity index (χ2v) is 6.87. The highest BCUT2D eigenvalue weighted by molar-refractivity contribution is 7.84. The van der Waals surface area contributed by atoms with Crippen molar-refractivity contribution in [2.75, 3.05) is 13.4 Å². The van der Waals surface area contributed by atoms with Gasteiger partial charge in [-0.3, -0.25) is 18.6 Å². The van der Waals surface area contributed by atoms with Gasteiger partial charge in [-0.1, -0.05) is 0 Å². The molecule has 0 N–H and O–H groups in total. The van der Waals surface area contributed by atoms with E-state index < -0.39 is 56.5 Å². The van der Waals surface area contributed by atoms with E-state index in [2.05, 4.69) is 0 Å². The summed E-state index contributed by atoms with van der Waals surface area (Å²) in [6, 6.07) is 1.47. The van der Waals surface area contributed by atoms with Crippen LogP contribution in [0.1, 0.15) is 35.2 Å². The van der Waals surface area contributed by atoms with Gasteiger partial charge in [0.1, 0.15) is 11.7 Å². The number of carbonyl (C=O) groups is 3. The maximum Gasteiger partial charge on any atom is 0.417 e. The van der Waals surface area contributed by atoms with Crippen LogP contribution >= 0.6 is 0 Å². The predicted octanol–water partition coefficient (Wildman–Crippen LogP) is 2.57. The molecule has 0 aromatic heterocycles. The van der Waals surface area contributed by atoms with Crippen molar-refractivity contribution in [1.29, 1.82) is 0 Å². The van der Waals surface area contributed by atoms with E-state index in [1.54, 1.807) is 0 Å². The second kappa shape index (κ2) is 7.07. The summed E-state index contributed by atoms with van der Waals surface area (Å²) in [5.74, 6) is -4.12. The monoisotopic (exact) mass is 376 g/mol. The number of hydrogen-bond donors (Lipinski definition) is 0. The van der Waals surface area contributed by atoms with Crippen molar-refractivity contribution in [2.45, 2.75) is 30.3 Å². The summed E-state index contributed by atoms with van der Waals surface area (Å²) in [6.45, 7) is 0. The Morgan fingerprint density at radius 3 is 2.20 bits per heavy atom. The number of ketones is 3. The lowest BCUT2D eigenvalue weighted by Crippen LogP contribution is -2.35. The molecule has 0 aliphatic heterocycles. The molecule has 5 nitrogen and oxygen atoms in total. The number of benzene rings is 1. The third kappa shape index (κ3) is 3.65. The molecule has 1 aliphatic carbocycles. The van der Waals surface area contributed by atoms with E-state index in [9.17, 15) is 31.8 Å². The molecule has 0 radical (unpaired) electrons. The summed E-state index contributed by atoms with van der Waals surface area (Å²) in [4.78, 5) is 35.8. The highest BCUT2D eigenvalue weighted by Crippen LogP contribution is 2.40. The fraction of sp³-hybridized carbons (Fsp3) is 0.438. The molecule has 1 fully saturated rings. The van der Waals surface area contributed by atoms with Gasteiger partial charge in [0.25, 0.3) is 0 Å². The fourth-order valence-electron chi connectivity index (χ4n) is 2.82. The molecule has 1 aromatic carbocycles. The van der Waals surface area contributed by atoms with Crippen molar-refractivity contribution in [2.24, 2.45) is 5.92 Å². The van der Waals surface area contributed by atoms with Crippen molar-refractivity contribution in [3.05, 3.63) is 23.3 Å². The van der Waals surface area contributed by atoms with Crippen molar-refractivity contribution < 1.29 is 36.5 Å². The summed E-state index contributed by atoms with van der Waals surface area (Å²) < 4.78 is 56.2. The first kappa shape index (κ1) is 19.3. The third-order valence-electron chi connectivity index (χ3n) is 3.93. The number of Topliss-reactive ketones (excluding diaryl/α,β-unsaturated/α-hetero) is 3. The second-order valence-electron chi connectivity index (χ2n) is 5.56. The number of ether oxygens (including phenoxy) is 1. The quantitative estimate of drug-likeness (QED) is 0.596. The molecule has 1 aliphatic rings. The van der Waals surface area contributed by atoms with Crippen molar-refractivity contribution in [1.82, 2.24) is 0 Å². The zero-order valence-corrected chi connectivity index (χ0v) is 14.3. The van der Waals surface area contributed by atoms with Crippen molar-refractivity contribution in [3.8, 4) is 5.75 Å². The molecule has 0 amide bonds. The Labute approximate surface area is 144 Å². The van der Waals surface area contributed by atoms with E-state index in [-0.39, 0.29) is 18.4 Å². The molecule has 1 aromatic rings. The summed E-state index contributed by atoms with van der Waals surface area (Å²) in [7, 11) is -1.08. The molecule has 1 saturated carbocycles. The molecular formula is C16H15F3O5S. The topological polar surface area (TPSA) is 77.5 Å². The van der Waals surface area contributed by atoms with Gasteiger partial charge in [0, 0.05) is 19.1 Å². The van der Waals surface area contributed by atoms with Crippen molar-refractivity contribution >= 4 is 28.1 Å². The fourth-order valence-corrected chi connectivity index (χ4v) is 3.77. The molecule has 1 unspecified atom stereocenters. The summed E-state index contributed by atoms with van der Waals surface area (Å²) in [6.07, 6.45) is -3.32. The molecule has 0 bridgehead atoms. The Morgan fingerprint density at radius 1 is 1.20 bits per heavy atom. The molecule has 1 atom stereocenters. The molecule has 0 saturated heterocycles. The van der Waals surface area contributed by atoms with Gasteiger partial charge in [-0.15, -0.1) is 0 Å². The Morgan fingerprint density at radius 2 is 1.76 bits per heavy atom. The lowest BCUT2D eigenvalue weighted by molar-refractivity contribution is -0.140. The van der Waals surface area contributed by atoms with Crippen molar-refractivity contribution in [3.63, 3.8) is 0 Å². The SMILES string of the molecule is COc1c(C(=O)C2C(=O)CCCC2=O)ccc(C(F)(F)F)c1S(C)=O. The predicted molar refractivity (Wildman–Crippen MR) is 82.0 cm³/mol. The van der Waals surface area contributed by atoms with Crippen LogP contribution in [0.5, 0.6) is 5.75 Å². The standard InChI is InChI=1S/C16H15F3O5S/c1-24-14-8(13(22)12-10(20)4-3-5-11(12)21)6-7-9(16(17,18)19)15(14)25(2)23/h6-7,12H,3-5H2,1-2H3. The summed E-state index contributed by atoms with van der Waals surface area (Å²) in [5, 5.41) is 0. The van der Waals surface area contributed by atoms with Gasteiger partial charge in [0.05, 0.1) is 33.9 Å². The van der Waals surface area contributed by atoms with Crippen LogP contribution in [0, 0.1) is 5.92 Å². The third-order valence-corrected chi connectivity index (χ3v) is 4.91. The van der Waals surface area contributed by atoms with Gasteiger partial charge in [-0.25, -0.2) is 0 Å². The average Bonchev–Trinajstić information content (AvgIpc) is 2.51. The van der Waals surface area contributed by atoms with Crippen LogP contribution in [0.2, 0.25) is 0 Å². The van der Waals surface area contributed by atoms with Gasteiger partial charge in [0.15, 0.2) is 17.3 Å². The highest BCUT2D eigenvalue weighted by Gasteiger charge is 2.41. The van der Waals surface area contributed by atoms with Crippen LogP contribution in [-0.2, 0) is 26.6 Å². The number of alkyl halides is 3. The van der Waals surface area contributed by atoms with E-state index >= 15 is 0 Å². The van der Waals surface area contributed by atoms with Crippen LogP contribution in [0.4, 0.5) is 13.2 Å². The normalized spacial score (nSPS) is 17.5. The number of carbonyl (C=O) groups excluding carboxylic acids is 3. The lowest BCUT2D eigenvalue weighted by atomic mass is 9.81. The zero-order chi connectivity index (χ0) is 18.9. The molecule has 2 rings (SSSR count). The van der Waals surface area contributed by atoms with Gasteiger partial charge in [0.2, 0.25) is 0 Å². The van der Waals surface area contributed by atoms with Gasteiger partial charge in [-0.05, 0) is 18.6 Å². The highest BCUT2D eigenvalue weighted by atomic mass is 32.2. The minimum Gasteiger partial charge on any atom is -0.495 e. The Kier molecular flexibility index (Phi) is 5.46. The van der Waals surface area contributed by atoms with Crippen LogP contribution in [0.15, 0.2) is 17.0 Å². The van der Waals surface area contributed by atoms with Crippen LogP contribution in [0.3, 0.4) is 0 Å². The minimum absolute atomic E-state index is 0.0532. The van der Waals surface area contributed by atoms with Crippen LogP contribution < -0.4 is 4.74 Å². The number of methoxy groups -OCH3 is 1. The molecule has 9 heteroatoms. The van der Waals surface area contributed by atoms with E-state index in [1.807, 2.05) is 0 Å². The lowest BCUT2D eigenvalue weighted by Gasteiger charge is -2.21. The number of halogens is 3. The number of rotatable bonds is 4. The Hall–Kier alpha value is -2.03. The first-order valence-corrected chi connectivity index (χ1v) is 8.86. The van der Waals surface area contributed by atoms with Crippen LogP contribution in [-0.4, -0.2) is 34.9 Å². The molecule has 0 heterocycles. The first-order valence-electron chi connectivity index (χ1n) is 7.30. The maximum absolute atomic E-state index is 13.2.